The number of rotatable bonds is 10. The smallest absolute Gasteiger partial charge is 0.179 e. The molecular weight excluding hydrogens is 849 g/mol. The van der Waals surface area contributed by atoms with E-state index in [1.165, 1.54) is 65.4 Å². The molecule has 1 aliphatic heterocycles. The van der Waals surface area contributed by atoms with Gasteiger partial charge >= 0.3 is 0 Å². The Morgan fingerprint density at radius 1 is 0.246 bits per heavy atom. The van der Waals surface area contributed by atoms with Gasteiger partial charge in [-0.1, -0.05) is 224 Å². The summed E-state index contributed by atoms with van der Waals surface area (Å²) in [6.07, 6.45) is 0. The Kier molecular flexibility index (Phi) is 11.0. The number of benzene rings is 11. The van der Waals surface area contributed by atoms with Crippen molar-refractivity contribution >= 4 is 62.9 Å². The lowest BCUT2D eigenvalue weighted by Gasteiger charge is -2.35. The van der Waals surface area contributed by atoms with Crippen LogP contribution in [0, 0.1) is 0 Å². The summed E-state index contributed by atoms with van der Waals surface area (Å²) in [5.41, 5.74) is 16.3. The van der Waals surface area contributed by atoms with Crippen molar-refractivity contribution in [3.05, 3.63) is 291 Å². The van der Waals surface area contributed by atoms with Crippen LogP contribution >= 0.6 is 0 Å². The third-order valence-corrected chi connectivity index (χ3v) is 18.6. The van der Waals surface area contributed by atoms with Crippen LogP contribution < -0.4 is 30.5 Å². The third kappa shape index (κ3) is 7.56. The SMILES string of the molecule is c1ccc(-c2ccc(N(c3ccc(-c4ccc5c(c4)-c4ccccc4-c4ccccc4N5c4ccccc4)cc3)c3ccc([Si](c4ccccc4)(c4ccccc4)c4ccccc4)cc3)cc2)cc1. The molecule has 11 aromatic carbocycles. The standard InChI is InChI=1S/C66H48N2Si/c1-6-20-49(21-7-1)50-34-39-54(40-35-50)67(56-43-45-60(46-44-56)69(57-24-10-3-11-25-57,58-26-12-4-13-27-58)59-28-14-5-15-29-59)55-41-36-51(37-42-55)52-38-47-66-64(48-52)62-31-17-16-30-61(62)63-32-18-19-33-65(63)68(66)53-22-8-2-9-23-53/h1-48H. The van der Waals surface area contributed by atoms with Crippen molar-refractivity contribution in [1.29, 1.82) is 0 Å². The number of nitrogens with zero attached hydrogens (tertiary/aromatic N) is 2. The van der Waals surface area contributed by atoms with E-state index in [-0.39, 0.29) is 0 Å². The van der Waals surface area contributed by atoms with Crippen molar-refractivity contribution < 1.29 is 0 Å². The fourth-order valence-electron chi connectivity index (χ4n) is 10.6. The van der Waals surface area contributed by atoms with E-state index in [1.54, 1.807) is 0 Å². The second kappa shape index (κ2) is 18.1. The van der Waals surface area contributed by atoms with Crippen LogP contribution in [0.2, 0.25) is 0 Å². The topological polar surface area (TPSA) is 6.48 Å². The van der Waals surface area contributed by atoms with E-state index >= 15 is 0 Å². The maximum atomic E-state index is 2.41. The fourth-order valence-corrected chi connectivity index (χ4v) is 15.3. The van der Waals surface area contributed by atoms with Crippen LogP contribution in [0.5, 0.6) is 0 Å². The molecule has 0 aromatic heterocycles. The van der Waals surface area contributed by atoms with Gasteiger partial charge in [-0.15, -0.1) is 0 Å². The van der Waals surface area contributed by atoms with Gasteiger partial charge in [-0.05, 0) is 121 Å². The van der Waals surface area contributed by atoms with Crippen LogP contribution in [0.15, 0.2) is 291 Å². The zero-order valence-electron chi connectivity index (χ0n) is 38.1. The van der Waals surface area contributed by atoms with Crippen molar-refractivity contribution in [2.45, 2.75) is 0 Å². The molecule has 1 aliphatic rings. The van der Waals surface area contributed by atoms with Gasteiger partial charge in [-0.25, -0.2) is 0 Å². The summed E-state index contributed by atoms with van der Waals surface area (Å²) in [7, 11) is -2.71. The lowest BCUT2D eigenvalue weighted by atomic mass is 9.92. The third-order valence-electron chi connectivity index (χ3n) is 13.8. The van der Waals surface area contributed by atoms with Gasteiger partial charge in [0.2, 0.25) is 0 Å². The Hall–Kier alpha value is -8.76. The second-order valence-electron chi connectivity index (χ2n) is 17.7. The minimum Gasteiger partial charge on any atom is -0.311 e. The van der Waals surface area contributed by atoms with E-state index in [9.17, 15) is 0 Å². The number of fused-ring (bicyclic) bond motifs is 5. The van der Waals surface area contributed by atoms with E-state index in [1.807, 2.05) is 0 Å². The normalized spacial score (nSPS) is 11.7. The average molecular weight is 897 g/mol. The quantitative estimate of drug-likeness (QED) is 0.0997. The van der Waals surface area contributed by atoms with Gasteiger partial charge in [0.1, 0.15) is 0 Å². The summed E-state index contributed by atoms with van der Waals surface area (Å²) in [4.78, 5) is 4.80. The summed E-state index contributed by atoms with van der Waals surface area (Å²) in [5, 5.41) is 5.41. The Morgan fingerprint density at radius 3 is 1.12 bits per heavy atom. The molecule has 1 heterocycles. The molecule has 12 rings (SSSR count). The van der Waals surface area contributed by atoms with E-state index in [0.717, 1.165) is 34.0 Å². The minimum absolute atomic E-state index is 1.09. The molecule has 0 fully saturated rings. The van der Waals surface area contributed by atoms with Crippen molar-refractivity contribution in [1.82, 2.24) is 0 Å². The average Bonchev–Trinajstić information content (AvgIpc) is 3.56. The maximum absolute atomic E-state index is 2.71. The minimum atomic E-state index is -2.71. The van der Waals surface area contributed by atoms with Gasteiger partial charge in [-0.2, -0.15) is 0 Å². The first-order valence-electron chi connectivity index (χ1n) is 23.8. The molecule has 0 amide bonds. The molecule has 0 spiro atoms. The highest BCUT2D eigenvalue weighted by atomic mass is 28.3. The molecule has 69 heavy (non-hydrogen) atoms. The van der Waals surface area contributed by atoms with E-state index in [0.29, 0.717) is 0 Å². The van der Waals surface area contributed by atoms with Crippen molar-refractivity contribution in [2.75, 3.05) is 9.80 Å². The zero-order chi connectivity index (χ0) is 46.0. The summed E-state index contributed by atoms with van der Waals surface area (Å²) in [6.45, 7) is 0. The molecule has 11 aromatic rings. The van der Waals surface area contributed by atoms with Crippen LogP contribution in [0.25, 0.3) is 44.5 Å². The number of anilines is 6. The molecule has 0 radical (unpaired) electrons. The molecule has 326 valence electrons. The van der Waals surface area contributed by atoms with Crippen LogP contribution in [0.4, 0.5) is 34.1 Å². The molecule has 0 aliphatic carbocycles. The molecule has 3 heteroatoms. The van der Waals surface area contributed by atoms with E-state index < -0.39 is 8.07 Å². The summed E-state index contributed by atoms with van der Waals surface area (Å²) in [5.74, 6) is 0. The molecule has 2 nitrogen and oxygen atoms in total. The summed E-state index contributed by atoms with van der Waals surface area (Å²) < 4.78 is 0. The number of para-hydroxylation sites is 2. The highest BCUT2D eigenvalue weighted by molar-refractivity contribution is 7.19. The van der Waals surface area contributed by atoms with Gasteiger partial charge in [-0.3, -0.25) is 0 Å². The summed E-state index contributed by atoms with van der Waals surface area (Å²) in [6, 6.07) is 107. The molecule has 0 atom stereocenters. The lowest BCUT2D eigenvalue weighted by Crippen LogP contribution is -2.74. The van der Waals surface area contributed by atoms with Crippen LogP contribution in [0.3, 0.4) is 0 Å². The highest BCUT2D eigenvalue weighted by Gasteiger charge is 2.41. The molecule has 0 N–H and O–H groups in total. The van der Waals surface area contributed by atoms with Gasteiger partial charge < -0.3 is 9.80 Å². The van der Waals surface area contributed by atoms with Gasteiger partial charge in [0.05, 0.1) is 11.4 Å². The fraction of sp³-hybridized carbons (Fsp3) is 0. The number of hydrogen-bond acceptors (Lipinski definition) is 2. The van der Waals surface area contributed by atoms with Crippen molar-refractivity contribution in [3.63, 3.8) is 0 Å². The predicted octanol–water partition coefficient (Wildman–Crippen LogP) is 15.0. The Bertz CT molecular complexity index is 3410. The first-order valence-corrected chi connectivity index (χ1v) is 25.8. The first kappa shape index (κ1) is 41.7. The van der Waals surface area contributed by atoms with Gasteiger partial charge in [0.15, 0.2) is 8.07 Å². The van der Waals surface area contributed by atoms with Gasteiger partial charge in [0, 0.05) is 33.9 Å². The van der Waals surface area contributed by atoms with Gasteiger partial charge in [0.25, 0.3) is 0 Å². The largest absolute Gasteiger partial charge is 0.311 e. The first-order chi connectivity index (χ1) is 34.2. The Morgan fingerprint density at radius 2 is 0.594 bits per heavy atom. The Balaban J connectivity index is 0.970. The van der Waals surface area contributed by atoms with E-state index in [4.69, 9.17) is 0 Å². The number of hydrogen-bond donors (Lipinski definition) is 0. The molecule has 0 saturated carbocycles. The van der Waals surface area contributed by atoms with Crippen LogP contribution in [-0.2, 0) is 0 Å². The maximum Gasteiger partial charge on any atom is 0.179 e. The van der Waals surface area contributed by atoms with Crippen molar-refractivity contribution in [2.24, 2.45) is 0 Å². The van der Waals surface area contributed by atoms with E-state index in [2.05, 4.69) is 301 Å². The molecular formula is C66H48N2Si. The highest BCUT2D eigenvalue weighted by Crippen LogP contribution is 2.51. The van der Waals surface area contributed by atoms with Crippen molar-refractivity contribution in [3.8, 4) is 44.5 Å². The summed E-state index contributed by atoms with van der Waals surface area (Å²) >= 11 is 0. The molecule has 0 saturated heterocycles. The molecule has 0 bridgehead atoms. The molecule has 0 unspecified atom stereocenters. The van der Waals surface area contributed by atoms with Crippen LogP contribution in [0.1, 0.15) is 0 Å². The van der Waals surface area contributed by atoms with Crippen LogP contribution in [-0.4, -0.2) is 8.07 Å². The second-order valence-corrected chi connectivity index (χ2v) is 21.5. The Labute approximate surface area is 406 Å². The predicted molar refractivity (Wildman–Crippen MR) is 295 cm³/mol. The lowest BCUT2D eigenvalue weighted by molar-refractivity contribution is 1.28. The monoisotopic (exact) mass is 896 g/mol. The zero-order valence-corrected chi connectivity index (χ0v) is 39.1.